The number of Topliss-reactive ketones (excluding diaryl/α,β-unsaturated/α-hetero) is 1. The monoisotopic (exact) mass is 583 g/mol. The Labute approximate surface area is 224 Å². The van der Waals surface area contributed by atoms with Crippen molar-refractivity contribution in [1.29, 1.82) is 0 Å². The number of furan rings is 1. The lowest BCUT2D eigenvalue weighted by atomic mass is 9.94. The van der Waals surface area contributed by atoms with Gasteiger partial charge in [-0.3, -0.25) is 14.5 Å². The van der Waals surface area contributed by atoms with Crippen molar-refractivity contribution in [2.45, 2.75) is 13.0 Å². The number of nitrogens with zero attached hydrogens (tertiary/aromatic N) is 1. The van der Waals surface area contributed by atoms with E-state index in [0.717, 1.165) is 27.6 Å². The molecule has 194 valence electrons. The van der Waals surface area contributed by atoms with E-state index in [2.05, 4.69) is 15.9 Å². The summed E-state index contributed by atoms with van der Waals surface area (Å²) < 4.78 is 46.6. The zero-order chi connectivity index (χ0) is 27.1. The molecule has 10 heteroatoms. The van der Waals surface area contributed by atoms with Crippen LogP contribution >= 0.6 is 15.9 Å². The molecule has 0 bridgehead atoms. The fraction of sp³-hybridized carbons (Fsp3) is 0.143. The third-order valence-electron chi connectivity index (χ3n) is 6.13. The number of amides is 1. The van der Waals surface area contributed by atoms with Crippen LogP contribution in [0.3, 0.4) is 0 Å². The predicted molar refractivity (Wildman–Crippen MR) is 139 cm³/mol. The van der Waals surface area contributed by atoms with Crippen LogP contribution in [0.25, 0.3) is 11.0 Å². The summed E-state index contributed by atoms with van der Waals surface area (Å²) in [5, 5.41) is 11.6. The molecule has 5 rings (SSSR count). The van der Waals surface area contributed by atoms with Gasteiger partial charge in [-0.1, -0.05) is 22.0 Å². The molecule has 0 saturated heterocycles. The van der Waals surface area contributed by atoms with Gasteiger partial charge in [0.2, 0.25) is 5.78 Å². The highest BCUT2D eigenvalue weighted by Crippen LogP contribution is 2.45. The van der Waals surface area contributed by atoms with Gasteiger partial charge in [0.15, 0.2) is 23.0 Å². The molecule has 2 heterocycles. The highest BCUT2D eigenvalue weighted by molar-refractivity contribution is 9.10. The van der Waals surface area contributed by atoms with Crippen molar-refractivity contribution in [1.82, 2.24) is 0 Å². The number of carbonyl (C=O) groups excluding carboxylic acids is 2. The topological polar surface area (TPSA) is 89.2 Å². The Morgan fingerprint density at radius 1 is 1.08 bits per heavy atom. The number of rotatable bonds is 7. The summed E-state index contributed by atoms with van der Waals surface area (Å²) >= 11 is 3.36. The van der Waals surface area contributed by atoms with Gasteiger partial charge in [-0.25, -0.2) is 8.78 Å². The van der Waals surface area contributed by atoms with Gasteiger partial charge in [-0.05, 0) is 61.0 Å². The summed E-state index contributed by atoms with van der Waals surface area (Å²) in [7, 11) is 1.45. The van der Waals surface area contributed by atoms with E-state index >= 15 is 0 Å². The first-order valence-corrected chi connectivity index (χ1v) is 12.3. The molecular formula is C28H20BrF2NO6. The van der Waals surface area contributed by atoms with Gasteiger partial charge in [0.1, 0.15) is 17.2 Å². The maximum Gasteiger partial charge on any atom is 0.294 e. The van der Waals surface area contributed by atoms with Crippen LogP contribution in [0.4, 0.5) is 14.5 Å². The average molecular weight is 584 g/mol. The molecule has 1 aromatic heterocycles. The normalized spacial score (nSPS) is 15.4. The summed E-state index contributed by atoms with van der Waals surface area (Å²) in [6, 6.07) is 12.5. The maximum absolute atomic E-state index is 14.9. The summed E-state index contributed by atoms with van der Waals surface area (Å²) in [6.45, 7) is 2.05. The van der Waals surface area contributed by atoms with E-state index in [0.29, 0.717) is 22.5 Å². The van der Waals surface area contributed by atoms with E-state index in [9.17, 15) is 23.5 Å². The standard InChI is InChI=1S/C28H20BrF2NO6/c1-3-37-22-11-14(4-8-21(22)36-2)25-24(26(33)23-12-15-10-16(29)5-9-20(15)38-23)27(34)28(35)32(25)19-13-17(30)6-7-18(19)31/h4-13,25,34H,3H2,1-2H3. The van der Waals surface area contributed by atoms with Crippen molar-refractivity contribution in [2.75, 3.05) is 18.6 Å². The second kappa shape index (κ2) is 9.94. The molecule has 1 amide bonds. The maximum atomic E-state index is 14.9. The van der Waals surface area contributed by atoms with Crippen molar-refractivity contribution >= 4 is 44.3 Å². The van der Waals surface area contributed by atoms with Gasteiger partial charge in [0, 0.05) is 15.9 Å². The minimum absolute atomic E-state index is 0.141. The number of ketones is 1. The first kappa shape index (κ1) is 25.5. The molecule has 4 aromatic rings. The van der Waals surface area contributed by atoms with E-state index in [-0.39, 0.29) is 23.5 Å². The molecule has 0 fully saturated rings. The fourth-order valence-corrected chi connectivity index (χ4v) is 4.84. The number of halogens is 3. The molecule has 0 radical (unpaired) electrons. The number of fused-ring (bicyclic) bond motifs is 1. The first-order chi connectivity index (χ1) is 18.2. The predicted octanol–water partition coefficient (Wildman–Crippen LogP) is 6.66. The summed E-state index contributed by atoms with van der Waals surface area (Å²) in [4.78, 5) is 28.0. The molecule has 0 spiro atoms. The van der Waals surface area contributed by atoms with Crippen LogP contribution in [-0.4, -0.2) is 30.5 Å². The van der Waals surface area contributed by atoms with Crippen molar-refractivity contribution in [3.8, 4) is 11.5 Å². The number of ether oxygens (including phenoxy) is 2. The zero-order valence-corrected chi connectivity index (χ0v) is 21.7. The number of methoxy groups -OCH3 is 1. The van der Waals surface area contributed by atoms with Crippen LogP contribution in [0.5, 0.6) is 11.5 Å². The summed E-state index contributed by atoms with van der Waals surface area (Å²) in [5.74, 6) is -3.95. The highest BCUT2D eigenvalue weighted by Gasteiger charge is 2.46. The average Bonchev–Trinajstić information content (AvgIpc) is 3.43. The molecule has 1 aliphatic heterocycles. The Balaban J connectivity index is 1.70. The highest BCUT2D eigenvalue weighted by atomic mass is 79.9. The van der Waals surface area contributed by atoms with Crippen LogP contribution < -0.4 is 14.4 Å². The first-order valence-electron chi connectivity index (χ1n) is 11.5. The quantitative estimate of drug-likeness (QED) is 0.245. The SMILES string of the molecule is CCOc1cc(C2C(C(=O)c3cc4cc(Br)ccc4o3)=C(O)C(=O)N2c2cc(F)ccc2F)ccc1OC. The number of carbonyl (C=O) groups is 2. The number of anilines is 1. The summed E-state index contributed by atoms with van der Waals surface area (Å²) in [6.07, 6.45) is 0. The molecule has 1 N–H and O–H groups in total. The number of hydrogen-bond donors (Lipinski definition) is 1. The number of aliphatic hydroxyl groups is 1. The van der Waals surface area contributed by atoms with Gasteiger partial charge in [0.05, 0.1) is 31.0 Å². The Morgan fingerprint density at radius 2 is 1.87 bits per heavy atom. The van der Waals surface area contributed by atoms with E-state index in [1.165, 1.54) is 19.2 Å². The van der Waals surface area contributed by atoms with Crippen molar-refractivity contribution < 1.29 is 37.4 Å². The second-order valence-corrected chi connectivity index (χ2v) is 9.32. The number of hydrogen-bond acceptors (Lipinski definition) is 6. The molecule has 1 atom stereocenters. The lowest BCUT2D eigenvalue weighted by Gasteiger charge is -2.27. The van der Waals surface area contributed by atoms with Crippen LogP contribution in [0, 0.1) is 11.6 Å². The second-order valence-electron chi connectivity index (χ2n) is 8.40. The van der Waals surface area contributed by atoms with Crippen molar-refractivity contribution in [2.24, 2.45) is 0 Å². The van der Waals surface area contributed by atoms with E-state index in [4.69, 9.17) is 13.9 Å². The van der Waals surface area contributed by atoms with Gasteiger partial charge >= 0.3 is 0 Å². The molecule has 3 aromatic carbocycles. The van der Waals surface area contributed by atoms with Gasteiger partial charge in [-0.2, -0.15) is 0 Å². The number of aliphatic hydroxyl groups excluding tert-OH is 1. The third kappa shape index (κ3) is 4.30. The van der Waals surface area contributed by atoms with Crippen molar-refractivity contribution in [3.05, 3.63) is 99.4 Å². The molecule has 1 unspecified atom stereocenters. The van der Waals surface area contributed by atoms with Gasteiger partial charge in [-0.15, -0.1) is 0 Å². The Bertz CT molecular complexity index is 1630. The Hall–Kier alpha value is -4.18. The minimum atomic E-state index is -1.34. The Morgan fingerprint density at radius 3 is 2.61 bits per heavy atom. The molecular weight excluding hydrogens is 564 g/mol. The third-order valence-corrected chi connectivity index (χ3v) is 6.62. The molecule has 1 aliphatic rings. The van der Waals surface area contributed by atoms with Crippen LogP contribution in [0.2, 0.25) is 0 Å². The molecule has 7 nitrogen and oxygen atoms in total. The van der Waals surface area contributed by atoms with E-state index in [1.807, 2.05) is 0 Å². The lowest BCUT2D eigenvalue weighted by Crippen LogP contribution is -2.32. The molecule has 0 saturated carbocycles. The number of benzene rings is 3. The van der Waals surface area contributed by atoms with Crippen LogP contribution in [-0.2, 0) is 4.79 Å². The lowest BCUT2D eigenvalue weighted by molar-refractivity contribution is -0.117. The Kier molecular flexibility index (Phi) is 6.66. The van der Waals surface area contributed by atoms with Gasteiger partial charge < -0.3 is 19.0 Å². The van der Waals surface area contributed by atoms with E-state index < -0.39 is 40.8 Å². The van der Waals surface area contributed by atoms with E-state index in [1.54, 1.807) is 37.3 Å². The molecule has 0 aliphatic carbocycles. The van der Waals surface area contributed by atoms with Crippen molar-refractivity contribution in [3.63, 3.8) is 0 Å². The fourth-order valence-electron chi connectivity index (χ4n) is 4.46. The summed E-state index contributed by atoms with van der Waals surface area (Å²) in [5.41, 5.74) is -0.104. The van der Waals surface area contributed by atoms with Crippen LogP contribution in [0.15, 0.2) is 80.9 Å². The molecule has 38 heavy (non-hydrogen) atoms. The largest absolute Gasteiger partial charge is 0.503 e. The minimum Gasteiger partial charge on any atom is -0.503 e. The zero-order valence-electron chi connectivity index (χ0n) is 20.1. The van der Waals surface area contributed by atoms with Gasteiger partial charge in [0.25, 0.3) is 5.91 Å². The smallest absolute Gasteiger partial charge is 0.294 e. The van der Waals surface area contributed by atoms with Crippen LogP contribution in [0.1, 0.15) is 29.1 Å².